The number of hydrogen-bond acceptors (Lipinski definition) is 1. The lowest BCUT2D eigenvalue weighted by molar-refractivity contribution is -0.134. The molecule has 0 heterocycles. The van der Waals surface area contributed by atoms with Crippen molar-refractivity contribution in [1.82, 2.24) is 0 Å². The average Bonchev–Trinajstić information content (AvgIpc) is 2.44. The summed E-state index contributed by atoms with van der Waals surface area (Å²) < 4.78 is 0. The van der Waals surface area contributed by atoms with Crippen molar-refractivity contribution in [1.29, 1.82) is 0 Å². The largest absolute Gasteiger partial charge is 0.481 e. The maximum Gasteiger partial charge on any atom is 0.300 e. The van der Waals surface area contributed by atoms with Gasteiger partial charge in [0.1, 0.15) is 0 Å². The van der Waals surface area contributed by atoms with Crippen molar-refractivity contribution in [3.05, 3.63) is 60.7 Å². The first-order valence-electron chi connectivity index (χ1n) is 6.49. The Morgan fingerprint density at radius 2 is 0.950 bits per heavy atom. The summed E-state index contributed by atoms with van der Waals surface area (Å²) in [5.74, 6) is -0.833. The molecule has 0 aromatic heterocycles. The molecule has 0 amide bonds. The van der Waals surface area contributed by atoms with Crippen LogP contribution in [0.1, 0.15) is 6.92 Å². The first-order chi connectivity index (χ1) is 9.66. The molecule has 0 radical (unpaired) electrons. The summed E-state index contributed by atoms with van der Waals surface area (Å²) >= 11 is 0. The van der Waals surface area contributed by atoms with Crippen LogP contribution in [0, 0.1) is 0 Å². The standard InChI is InChI=1S/C16H10.C2H4O2/c1-3-11-7-9-13-5-2-6-14-10-8-12(4-1)15(11)16(13)14;1-2(3)4/h1-10H;1H3,(H,3,4). The van der Waals surface area contributed by atoms with Crippen molar-refractivity contribution in [3.8, 4) is 0 Å². The van der Waals surface area contributed by atoms with E-state index in [4.69, 9.17) is 9.90 Å². The molecule has 1 N–H and O–H groups in total. The van der Waals surface area contributed by atoms with Crippen LogP contribution in [-0.2, 0) is 4.79 Å². The topological polar surface area (TPSA) is 37.3 Å². The van der Waals surface area contributed by atoms with Gasteiger partial charge in [-0.05, 0) is 32.3 Å². The maximum atomic E-state index is 9.00. The van der Waals surface area contributed by atoms with E-state index in [9.17, 15) is 0 Å². The smallest absolute Gasteiger partial charge is 0.300 e. The van der Waals surface area contributed by atoms with Gasteiger partial charge in [-0.2, -0.15) is 0 Å². The van der Waals surface area contributed by atoms with E-state index in [2.05, 4.69) is 60.7 Å². The number of hydrogen-bond donors (Lipinski definition) is 1. The molecule has 4 rings (SSSR count). The molecule has 98 valence electrons. The van der Waals surface area contributed by atoms with Gasteiger partial charge in [0.25, 0.3) is 5.97 Å². The lowest BCUT2D eigenvalue weighted by Crippen LogP contribution is -1.82. The molecular formula is C18H14O2. The van der Waals surface area contributed by atoms with Crippen LogP contribution in [0.15, 0.2) is 60.7 Å². The van der Waals surface area contributed by atoms with Crippen LogP contribution in [0.4, 0.5) is 0 Å². The van der Waals surface area contributed by atoms with Crippen molar-refractivity contribution >= 4 is 38.3 Å². The van der Waals surface area contributed by atoms with Gasteiger partial charge in [-0.15, -0.1) is 0 Å². The summed E-state index contributed by atoms with van der Waals surface area (Å²) in [6.45, 7) is 1.08. The molecule has 2 heteroatoms. The van der Waals surface area contributed by atoms with Crippen LogP contribution in [0.25, 0.3) is 32.3 Å². The van der Waals surface area contributed by atoms with Gasteiger partial charge < -0.3 is 5.11 Å². The van der Waals surface area contributed by atoms with E-state index >= 15 is 0 Å². The number of aliphatic carboxylic acids is 1. The van der Waals surface area contributed by atoms with E-state index in [1.165, 1.54) is 32.3 Å². The molecule has 0 saturated heterocycles. The second-order valence-electron chi connectivity index (χ2n) is 4.81. The number of rotatable bonds is 0. The normalized spacial score (nSPS) is 10.7. The van der Waals surface area contributed by atoms with E-state index in [-0.39, 0.29) is 0 Å². The lowest BCUT2D eigenvalue weighted by atomic mass is 9.95. The summed E-state index contributed by atoms with van der Waals surface area (Å²) in [5, 5.41) is 15.6. The van der Waals surface area contributed by atoms with Gasteiger partial charge in [-0.3, -0.25) is 4.79 Å². The summed E-state index contributed by atoms with van der Waals surface area (Å²) in [7, 11) is 0. The van der Waals surface area contributed by atoms with Crippen LogP contribution in [0.2, 0.25) is 0 Å². The highest BCUT2D eigenvalue weighted by atomic mass is 16.4. The van der Waals surface area contributed by atoms with E-state index in [0.717, 1.165) is 6.92 Å². The van der Waals surface area contributed by atoms with Crippen molar-refractivity contribution in [3.63, 3.8) is 0 Å². The third-order valence-corrected chi connectivity index (χ3v) is 3.39. The molecule has 0 bridgehead atoms. The summed E-state index contributed by atoms with van der Waals surface area (Å²) in [6.07, 6.45) is 0. The Kier molecular flexibility index (Phi) is 2.99. The highest BCUT2D eigenvalue weighted by Gasteiger charge is 2.05. The summed E-state index contributed by atoms with van der Waals surface area (Å²) in [4.78, 5) is 9.00. The Morgan fingerprint density at radius 1 is 0.700 bits per heavy atom. The van der Waals surface area contributed by atoms with E-state index in [0.29, 0.717) is 0 Å². The molecule has 0 aliphatic carbocycles. The Balaban J connectivity index is 0.000000272. The molecule has 0 aliphatic rings. The molecule has 0 unspecified atom stereocenters. The minimum atomic E-state index is -0.833. The van der Waals surface area contributed by atoms with Gasteiger partial charge in [0.2, 0.25) is 0 Å². The van der Waals surface area contributed by atoms with Gasteiger partial charge in [0, 0.05) is 6.92 Å². The number of carbonyl (C=O) groups is 1. The van der Waals surface area contributed by atoms with Crippen molar-refractivity contribution in [2.45, 2.75) is 6.92 Å². The van der Waals surface area contributed by atoms with Crippen molar-refractivity contribution in [2.75, 3.05) is 0 Å². The monoisotopic (exact) mass is 262 g/mol. The van der Waals surface area contributed by atoms with Crippen LogP contribution >= 0.6 is 0 Å². The van der Waals surface area contributed by atoms with Gasteiger partial charge in [0.05, 0.1) is 0 Å². The summed E-state index contributed by atoms with van der Waals surface area (Å²) in [5.41, 5.74) is 0. The van der Waals surface area contributed by atoms with Gasteiger partial charge in [-0.1, -0.05) is 60.7 Å². The first kappa shape index (κ1) is 12.4. The molecule has 20 heavy (non-hydrogen) atoms. The molecule has 0 aliphatic heterocycles. The quantitative estimate of drug-likeness (QED) is 0.467. The molecular weight excluding hydrogens is 248 g/mol. The van der Waals surface area contributed by atoms with Gasteiger partial charge in [-0.25, -0.2) is 0 Å². The van der Waals surface area contributed by atoms with Crippen LogP contribution in [-0.4, -0.2) is 11.1 Å². The third-order valence-electron chi connectivity index (χ3n) is 3.39. The fourth-order valence-corrected chi connectivity index (χ4v) is 2.67. The Bertz CT molecular complexity index is 760. The zero-order chi connectivity index (χ0) is 14.1. The zero-order valence-electron chi connectivity index (χ0n) is 11.1. The Labute approximate surface area is 116 Å². The van der Waals surface area contributed by atoms with Crippen LogP contribution < -0.4 is 0 Å². The Morgan fingerprint density at radius 3 is 1.20 bits per heavy atom. The zero-order valence-corrected chi connectivity index (χ0v) is 11.1. The highest BCUT2D eigenvalue weighted by Crippen LogP contribution is 2.33. The van der Waals surface area contributed by atoms with E-state index < -0.39 is 5.97 Å². The van der Waals surface area contributed by atoms with Gasteiger partial charge >= 0.3 is 0 Å². The van der Waals surface area contributed by atoms with Gasteiger partial charge in [0.15, 0.2) is 0 Å². The van der Waals surface area contributed by atoms with Crippen LogP contribution in [0.5, 0.6) is 0 Å². The molecule has 0 atom stereocenters. The number of benzene rings is 4. The minimum Gasteiger partial charge on any atom is -0.481 e. The molecule has 0 spiro atoms. The van der Waals surface area contributed by atoms with Crippen LogP contribution in [0.3, 0.4) is 0 Å². The van der Waals surface area contributed by atoms with Crippen molar-refractivity contribution < 1.29 is 9.90 Å². The fraction of sp³-hybridized carbons (Fsp3) is 0.0556. The molecule has 4 aromatic rings. The number of carboxylic acids is 1. The van der Waals surface area contributed by atoms with Crippen molar-refractivity contribution in [2.24, 2.45) is 0 Å². The molecule has 0 saturated carbocycles. The lowest BCUT2D eigenvalue weighted by Gasteiger charge is -2.09. The second-order valence-corrected chi connectivity index (χ2v) is 4.81. The SMILES string of the molecule is CC(=O)O.c1cc2ccc3cccc4ccc(c1)c2c34. The molecule has 4 aromatic carbocycles. The highest BCUT2D eigenvalue weighted by molar-refractivity contribution is 6.22. The number of carboxylic acid groups (broad SMARTS) is 1. The molecule has 0 fully saturated rings. The predicted molar refractivity (Wildman–Crippen MR) is 83.5 cm³/mol. The Hall–Kier alpha value is -2.61. The van der Waals surface area contributed by atoms with E-state index in [1.54, 1.807) is 0 Å². The predicted octanol–water partition coefficient (Wildman–Crippen LogP) is 4.67. The van der Waals surface area contributed by atoms with E-state index in [1.807, 2.05) is 0 Å². The summed E-state index contributed by atoms with van der Waals surface area (Å²) in [6, 6.07) is 21.9. The third kappa shape index (κ3) is 2.05. The fourth-order valence-electron chi connectivity index (χ4n) is 2.67. The minimum absolute atomic E-state index is 0.833. The molecule has 2 nitrogen and oxygen atoms in total. The maximum absolute atomic E-state index is 9.00. The first-order valence-corrected chi connectivity index (χ1v) is 6.49. The average molecular weight is 262 g/mol. The second kappa shape index (κ2) is 4.82.